The molecule has 0 radical (unpaired) electrons. The first kappa shape index (κ1) is 12.6. The second-order valence-corrected chi connectivity index (χ2v) is 6.21. The lowest BCUT2D eigenvalue weighted by Crippen LogP contribution is -2.25. The second kappa shape index (κ2) is 6.19. The summed E-state index contributed by atoms with van der Waals surface area (Å²) in [5.74, 6) is 0. The molecule has 2 atom stereocenters. The van der Waals surface area contributed by atoms with Crippen LogP contribution in [0.1, 0.15) is 24.2 Å². The van der Waals surface area contributed by atoms with Gasteiger partial charge in [0.15, 0.2) is 0 Å². The van der Waals surface area contributed by atoms with Crippen LogP contribution in [0.15, 0.2) is 46.2 Å². The molecule has 0 aliphatic heterocycles. The first-order chi connectivity index (χ1) is 8.31. The van der Waals surface area contributed by atoms with Crippen LogP contribution < -0.4 is 5.73 Å². The van der Waals surface area contributed by atoms with Gasteiger partial charge >= 0.3 is 0 Å². The van der Waals surface area contributed by atoms with Crippen LogP contribution in [0, 0.1) is 0 Å². The van der Waals surface area contributed by atoms with Crippen LogP contribution in [0.4, 0.5) is 0 Å². The highest BCUT2D eigenvalue weighted by Crippen LogP contribution is 2.39. The van der Waals surface area contributed by atoms with Crippen molar-refractivity contribution in [3.63, 3.8) is 0 Å². The molecule has 2 rings (SSSR count). The van der Waals surface area contributed by atoms with E-state index in [0.717, 1.165) is 6.42 Å². The summed E-state index contributed by atoms with van der Waals surface area (Å²) in [6, 6.07) is 8.51. The molecule has 0 aliphatic rings. The Kier molecular flexibility index (Phi) is 4.59. The van der Waals surface area contributed by atoms with Crippen LogP contribution in [0.3, 0.4) is 0 Å². The number of hydrogen-bond acceptors (Lipinski definition) is 4. The number of rotatable bonds is 5. The summed E-state index contributed by atoms with van der Waals surface area (Å²) in [4.78, 5) is 4.06. The molecule has 0 amide bonds. The zero-order valence-electron chi connectivity index (χ0n) is 9.74. The van der Waals surface area contributed by atoms with E-state index in [2.05, 4.69) is 41.6 Å². The normalized spacial score (nSPS) is 14.5. The molecule has 0 aromatic carbocycles. The zero-order chi connectivity index (χ0) is 12.1. The maximum atomic E-state index is 6.23. The van der Waals surface area contributed by atoms with Gasteiger partial charge in [-0.05, 0) is 35.6 Å². The van der Waals surface area contributed by atoms with Crippen molar-refractivity contribution in [3.05, 3.63) is 47.6 Å². The lowest BCUT2D eigenvalue weighted by Gasteiger charge is -2.22. The molecule has 2 unspecified atom stereocenters. The van der Waals surface area contributed by atoms with E-state index in [0.29, 0.717) is 5.25 Å². The van der Waals surface area contributed by atoms with Crippen molar-refractivity contribution in [3.8, 4) is 0 Å². The summed E-state index contributed by atoms with van der Waals surface area (Å²) >= 11 is 3.61. The van der Waals surface area contributed by atoms with Gasteiger partial charge in [0.05, 0.1) is 9.46 Å². The number of thioether (sulfide) groups is 1. The van der Waals surface area contributed by atoms with E-state index in [1.807, 2.05) is 24.2 Å². The van der Waals surface area contributed by atoms with E-state index in [9.17, 15) is 0 Å². The van der Waals surface area contributed by atoms with Crippen molar-refractivity contribution in [1.82, 2.24) is 4.98 Å². The minimum Gasteiger partial charge on any atom is -0.326 e. The summed E-state index contributed by atoms with van der Waals surface area (Å²) in [5, 5.41) is 2.41. The van der Waals surface area contributed by atoms with E-state index in [4.69, 9.17) is 5.73 Å². The third-order valence-corrected chi connectivity index (χ3v) is 5.12. The van der Waals surface area contributed by atoms with Crippen molar-refractivity contribution < 1.29 is 0 Å². The van der Waals surface area contributed by atoms with Gasteiger partial charge in [-0.1, -0.05) is 13.0 Å². The Morgan fingerprint density at radius 1 is 1.35 bits per heavy atom. The minimum absolute atomic E-state index is 0.171. The Balaban J connectivity index is 2.20. The highest BCUT2D eigenvalue weighted by molar-refractivity contribution is 8.01. The van der Waals surface area contributed by atoms with Gasteiger partial charge in [0.25, 0.3) is 0 Å². The molecule has 2 nitrogen and oxygen atoms in total. The SMILES string of the molecule is CCC(N)C(Sc1cccs1)c1ccncc1. The van der Waals surface area contributed by atoms with Crippen LogP contribution in [0.2, 0.25) is 0 Å². The largest absolute Gasteiger partial charge is 0.326 e. The average molecular weight is 264 g/mol. The van der Waals surface area contributed by atoms with Gasteiger partial charge in [0, 0.05) is 18.4 Å². The maximum absolute atomic E-state index is 6.23. The van der Waals surface area contributed by atoms with E-state index in [1.165, 1.54) is 9.77 Å². The molecule has 0 fully saturated rings. The fourth-order valence-corrected chi connectivity index (χ4v) is 3.84. The smallest absolute Gasteiger partial charge is 0.0605 e. The predicted molar refractivity (Wildman–Crippen MR) is 75.4 cm³/mol. The topological polar surface area (TPSA) is 38.9 Å². The van der Waals surface area contributed by atoms with Gasteiger partial charge in [-0.2, -0.15) is 0 Å². The Hall–Kier alpha value is -0.840. The Morgan fingerprint density at radius 2 is 2.12 bits per heavy atom. The first-order valence-electron chi connectivity index (χ1n) is 5.67. The molecule has 4 heteroatoms. The van der Waals surface area contributed by atoms with Gasteiger partial charge < -0.3 is 5.73 Å². The Morgan fingerprint density at radius 3 is 2.71 bits per heavy atom. The van der Waals surface area contributed by atoms with Gasteiger partial charge in [-0.3, -0.25) is 4.98 Å². The van der Waals surface area contributed by atoms with E-state index in [1.54, 1.807) is 11.3 Å². The molecule has 0 saturated heterocycles. The Labute approximate surface area is 110 Å². The monoisotopic (exact) mass is 264 g/mol. The highest BCUT2D eigenvalue weighted by atomic mass is 32.2. The molecule has 0 spiro atoms. The van der Waals surface area contributed by atoms with Gasteiger partial charge in [-0.25, -0.2) is 0 Å². The third-order valence-electron chi connectivity index (χ3n) is 2.63. The molecule has 0 bridgehead atoms. The van der Waals surface area contributed by atoms with Crippen LogP contribution in [-0.4, -0.2) is 11.0 Å². The minimum atomic E-state index is 0.171. The summed E-state index contributed by atoms with van der Waals surface area (Å²) < 4.78 is 1.32. The standard InChI is InChI=1S/C13H16N2S2/c1-2-11(14)13(10-5-7-15-8-6-10)17-12-4-3-9-16-12/h3-9,11,13H,2,14H2,1H3. The molecule has 2 aromatic heterocycles. The van der Waals surface area contributed by atoms with E-state index >= 15 is 0 Å². The summed E-state index contributed by atoms with van der Waals surface area (Å²) in [6.45, 7) is 2.13. The van der Waals surface area contributed by atoms with E-state index in [-0.39, 0.29) is 6.04 Å². The molecular formula is C13H16N2S2. The van der Waals surface area contributed by atoms with Crippen molar-refractivity contribution in [2.75, 3.05) is 0 Å². The average Bonchev–Trinajstić information content (AvgIpc) is 2.89. The predicted octanol–water partition coefficient (Wildman–Crippen LogP) is 3.71. The first-order valence-corrected chi connectivity index (χ1v) is 7.43. The zero-order valence-corrected chi connectivity index (χ0v) is 11.4. The Bertz CT molecular complexity index is 428. The van der Waals surface area contributed by atoms with Crippen molar-refractivity contribution in [1.29, 1.82) is 0 Å². The van der Waals surface area contributed by atoms with Gasteiger partial charge in [-0.15, -0.1) is 23.1 Å². The summed E-state index contributed by atoms with van der Waals surface area (Å²) in [5.41, 5.74) is 7.49. The van der Waals surface area contributed by atoms with Crippen molar-refractivity contribution >= 4 is 23.1 Å². The number of thiophene rings is 1. The number of aromatic nitrogens is 1. The number of nitrogens with two attached hydrogens (primary N) is 1. The van der Waals surface area contributed by atoms with Crippen LogP contribution >= 0.6 is 23.1 Å². The quantitative estimate of drug-likeness (QED) is 0.837. The summed E-state index contributed by atoms with van der Waals surface area (Å²) in [7, 11) is 0. The van der Waals surface area contributed by atoms with Crippen LogP contribution in [0.25, 0.3) is 0 Å². The van der Waals surface area contributed by atoms with Crippen LogP contribution in [0.5, 0.6) is 0 Å². The van der Waals surface area contributed by atoms with Crippen LogP contribution in [-0.2, 0) is 0 Å². The molecule has 2 N–H and O–H groups in total. The highest BCUT2D eigenvalue weighted by Gasteiger charge is 2.20. The maximum Gasteiger partial charge on any atom is 0.0605 e. The molecule has 2 aromatic rings. The number of hydrogen-bond donors (Lipinski definition) is 1. The van der Waals surface area contributed by atoms with Gasteiger partial charge in [0.1, 0.15) is 0 Å². The van der Waals surface area contributed by atoms with Crippen molar-refractivity contribution in [2.45, 2.75) is 28.8 Å². The molecule has 90 valence electrons. The summed E-state index contributed by atoms with van der Waals surface area (Å²) in [6.07, 6.45) is 4.64. The fraction of sp³-hybridized carbons (Fsp3) is 0.308. The van der Waals surface area contributed by atoms with Crippen molar-refractivity contribution in [2.24, 2.45) is 5.73 Å². The second-order valence-electron chi connectivity index (χ2n) is 3.82. The molecule has 2 heterocycles. The molecule has 0 saturated carbocycles. The third kappa shape index (κ3) is 3.31. The lowest BCUT2D eigenvalue weighted by molar-refractivity contribution is 0.634. The van der Waals surface area contributed by atoms with Gasteiger partial charge in [0.2, 0.25) is 0 Å². The fourth-order valence-electron chi connectivity index (χ4n) is 1.63. The van der Waals surface area contributed by atoms with E-state index < -0.39 is 0 Å². The molecule has 0 aliphatic carbocycles. The number of pyridine rings is 1. The lowest BCUT2D eigenvalue weighted by atomic mass is 10.1. The molecule has 17 heavy (non-hydrogen) atoms. The molecular weight excluding hydrogens is 248 g/mol. The number of nitrogens with zero attached hydrogens (tertiary/aromatic N) is 1.